The lowest BCUT2D eigenvalue weighted by atomic mass is 9.82. The second kappa shape index (κ2) is 11.2. The van der Waals surface area contributed by atoms with E-state index in [2.05, 4.69) is 25.3 Å². The predicted octanol–water partition coefficient (Wildman–Crippen LogP) is 7.64. The van der Waals surface area contributed by atoms with Crippen molar-refractivity contribution >= 4 is 11.3 Å². The van der Waals surface area contributed by atoms with Gasteiger partial charge in [-0.2, -0.15) is 0 Å². The number of hydrogen-bond donors (Lipinski definition) is 2. The largest absolute Gasteiger partial charge is 0.402 e. The topological polar surface area (TPSA) is 49.5 Å². The number of aliphatic hydroxyl groups excluding tert-OH is 1. The van der Waals surface area contributed by atoms with Gasteiger partial charge in [-0.05, 0) is 99.3 Å². The molecule has 0 bridgehead atoms. The summed E-state index contributed by atoms with van der Waals surface area (Å²) in [6.45, 7) is 17.6. The third kappa shape index (κ3) is 4.58. The monoisotopic (exact) mass is 496 g/mol. The van der Waals surface area contributed by atoms with Gasteiger partial charge in [-0.15, -0.1) is 0 Å². The Morgan fingerprint density at radius 3 is 2.06 bits per heavy atom. The average molecular weight is 497 g/mol. The molecule has 1 saturated heterocycles. The maximum atomic E-state index is 16.5. The number of aryl methyl sites for hydroxylation is 1. The number of nitrogens with zero attached hydrogens (tertiary/aromatic N) is 1. The van der Waals surface area contributed by atoms with Gasteiger partial charge in [0.15, 0.2) is 0 Å². The van der Waals surface area contributed by atoms with Gasteiger partial charge in [0.1, 0.15) is 11.6 Å². The first-order valence-corrected chi connectivity index (χ1v) is 13.2. The van der Waals surface area contributed by atoms with Crippen LogP contribution in [0, 0.1) is 25.5 Å². The van der Waals surface area contributed by atoms with E-state index in [-0.39, 0.29) is 17.7 Å². The fraction of sp³-hybridized carbons (Fsp3) is 0.484. The number of likely N-dealkylation sites (tertiary alicyclic amines) is 1. The molecule has 2 aromatic carbocycles. The van der Waals surface area contributed by atoms with E-state index in [0.717, 1.165) is 36.9 Å². The highest BCUT2D eigenvalue weighted by Crippen LogP contribution is 2.44. The second-order valence-electron chi connectivity index (χ2n) is 10.1. The highest BCUT2D eigenvalue weighted by atomic mass is 19.1. The van der Waals surface area contributed by atoms with Crippen LogP contribution in [0.3, 0.4) is 0 Å². The standard InChI is InChI=1S/C31H42F2N2O/c1-9-22-13-14-23(10-2)35(22)21(8)28-19(6)31(33)29(24(11-3)25(28)16-36)30-26(32)15-12-17(4)27(30)18(5)20(7)34/h12,15,22-23,36H,8-11,13-14,16,34H2,1-7H3/b20-18+. The van der Waals surface area contributed by atoms with E-state index in [1.165, 1.54) is 6.07 Å². The van der Waals surface area contributed by atoms with Crippen molar-refractivity contribution in [2.45, 2.75) is 99.3 Å². The molecule has 1 heterocycles. The molecule has 3 nitrogen and oxygen atoms in total. The number of halogens is 2. The Hall–Kier alpha value is -2.66. The highest BCUT2D eigenvalue weighted by Gasteiger charge is 2.35. The van der Waals surface area contributed by atoms with Gasteiger partial charge < -0.3 is 15.7 Å². The molecule has 2 aromatic rings. The van der Waals surface area contributed by atoms with Gasteiger partial charge in [0, 0.05) is 40.2 Å². The van der Waals surface area contributed by atoms with Crippen molar-refractivity contribution in [1.82, 2.24) is 4.90 Å². The van der Waals surface area contributed by atoms with E-state index >= 15 is 8.78 Å². The van der Waals surface area contributed by atoms with Crippen LogP contribution in [0.25, 0.3) is 22.4 Å². The second-order valence-corrected chi connectivity index (χ2v) is 10.1. The molecule has 2 unspecified atom stereocenters. The third-order valence-corrected chi connectivity index (χ3v) is 8.15. The Balaban J connectivity index is 2.40. The first kappa shape index (κ1) is 27.9. The van der Waals surface area contributed by atoms with Crippen LogP contribution in [-0.4, -0.2) is 22.1 Å². The molecule has 3 rings (SSSR count). The molecule has 0 radical (unpaired) electrons. The van der Waals surface area contributed by atoms with E-state index in [4.69, 9.17) is 5.73 Å². The molecule has 0 aromatic heterocycles. The van der Waals surface area contributed by atoms with Crippen LogP contribution >= 0.6 is 0 Å². The zero-order chi connectivity index (χ0) is 26.9. The molecule has 196 valence electrons. The molecule has 0 amide bonds. The predicted molar refractivity (Wildman–Crippen MR) is 147 cm³/mol. The van der Waals surface area contributed by atoms with Gasteiger partial charge in [0.05, 0.1) is 6.61 Å². The molecule has 0 aliphatic carbocycles. The summed E-state index contributed by atoms with van der Waals surface area (Å²) in [4.78, 5) is 2.34. The molecule has 5 heteroatoms. The number of benzene rings is 2. The summed E-state index contributed by atoms with van der Waals surface area (Å²) >= 11 is 0. The first-order valence-electron chi connectivity index (χ1n) is 13.2. The number of nitrogens with two attached hydrogens (primary N) is 1. The van der Waals surface area contributed by atoms with Crippen molar-refractivity contribution < 1.29 is 13.9 Å². The van der Waals surface area contributed by atoms with Crippen molar-refractivity contribution in [2.75, 3.05) is 0 Å². The van der Waals surface area contributed by atoms with Gasteiger partial charge in [-0.25, -0.2) is 8.78 Å². The van der Waals surface area contributed by atoms with E-state index in [0.29, 0.717) is 57.6 Å². The van der Waals surface area contributed by atoms with Gasteiger partial charge in [0.2, 0.25) is 0 Å². The average Bonchev–Trinajstić information content (AvgIpc) is 3.29. The summed E-state index contributed by atoms with van der Waals surface area (Å²) in [5.74, 6) is -0.968. The van der Waals surface area contributed by atoms with E-state index in [1.807, 2.05) is 20.8 Å². The van der Waals surface area contributed by atoms with Crippen LogP contribution in [0.2, 0.25) is 0 Å². The van der Waals surface area contributed by atoms with Crippen LogP contribution in [0.4, 0.5) is 8.78 Å². The minimum absolute atomic E-state index is 0.209. The summed E-state index contributed by atoms with van der Waals surface area (Å²) in [6.07, 6.45) is 4.54. The van der Waals surface area contributed by atoms with Gasteiger partial charge in [0.25, 0.3) is 0 Å². The Kier molecular flexibility index (Phi) is 8.66. The van der Waals surface area contributed by atoms with Crippen LogP contribution in [-0.2, 0) is 13.0 Å². The maximum absolute atomic E-state index is 16.5. The molecule has 1 fully saturated rings. The number of hydrogen-bond acceptors (Lipinski definition) is 3. The Morgan fingerprint density at radius 2 is 1.58 bits per heavy atom. The van der Waals surface area contributed by atoms with Gasteiger partial charge in [-0.1, -0.05) is 33.4 Å². The molecular weight excluding hydrogens is 454 g/mol. The zero-order valence-electron chi connectivity index (χ0n) is 23.0. The lowest BCUT2D eigenvalue weighted by Gasteiger charge is -2.36. The molecule has 1 aliphatic rings. The van der Waals surface area contributed by atoms with Crippen molar-refractivity contribution in [2.24, 2.45) is 5.73 Å². The summed E-state index contributed by atoms with van der Waals surface area (Å²) in [5, 5.41) is 10.6. The fourth-order valence-electron chi connectivity index (χ4n) is 6.11. The van der Waals surface area contributed by atoms with Crippen molar-refractivity contribution in [3.63, 3.8) is 0 Å². The van der Waals surface area contributed by atoms with Crippen LogP contribution in [0.5, 0.6) is 0 Å². The summed E-state index contributed by atoms with van der Waals surface area (Å²) < 4.78 is 32.1. The molecule has 1 aliphatic heterocycles. The van der Waals surface area contributed by atoms with E-state index in [1.54, 1.807) is 19.9 Å². The Labute approximate surface area is 215 Å². The third-order valence-electron chi connectivity index (χ3n) is 8.15. The quantitative estimate of drug-likeness (QED) is 0.395. The lowest BCUT2D eigenvalue weighted by molar-refractivity contribution is 0.272. The molecule has 0 saturated carbocycles. The summed E-state index contributed by atoms with van der Waals surface area (Å²) in [7, 11) is 0. The molecule has 36 heavy (non-hydrogen) atoms. The number of aliphatic hydroxyl groups is 1. The smallest absolute Gasteiger partial charge is 0.135 e. The maximum Gasteiger partial charge on any atom is 0.135 e. The van der Waals surface area contributed by atoms with Crippen molar-refractivity contribution in [3.05, 3.63) is 69.4 Å². The van der Waals surface area contributed by atoms with Crippen LogP contribution in [0.1, 0.15) is 93.7 Å². The van der Waals surface area contributed by atoms with Crippen molar-refractivity contribution in [1.29, 1.82) is 0 Å². The van der Waals surface area contributed by atoms with E-state index < -0.39 is 11.6 Å². The van der Waals surface area contributed by atoms with Crippen LogP contribution in [0.15, 0.2) is 24.4 Å². The normalized spacial score (nSPS) is 18.6. The minimum atomic E-state index is -0.503. The van der Waals surface area contributed by atoms with Crippen molar-refractivity contribution in [3.8, 4) is 11.1 Å². The fourth-order valence-corrected chi connectivity index (χ4v) is 6.11. The zero-order valence-corrected chi connectivity index (χ0v) is 23.0. The van der Waals surface area contributed by atoms with E-state index in [9.17, 15) is 5.11 Å². The molecule has 0 spiro atoms. The van der Waals surface area contributed by atoms with Gasteiger partial charge >= 0.3 is 0 Å². The molecule has 2 atom stereocenters. The minimum Gasteiger partial charge on any atom is -0.402 e. The Morgan fingerprint density at radius 1 is 1.00 bits per heavy atom. The van der Waals surface area contributed by atoms with Gasteiger partial charge in [-0.3, -0.25) is 0 Å². The molecule has 3 N–H and O–H groups in total. The molecular formula is C31H42F2N2O. The SMILES string of the molecule is C=C(c1c(C)c(F)c(-c2c(F)ccc(C)c2/C(C)=C(\C)N)c(CC)c1CO)N1C(CC)CCC1CC. The summed E-state index contributed by atoms with van der Waals surface area (Å²) in [5.41, 5.74) is 12.3. The Bertz CT molecular complexity index is 1180. The highest BCUT2D eigenvalue weighted by molar-refractivity contribution is 5.87. The number of rotatable bonds is 8. The summed E-state index contributed by atoms with van der Waals surface area (Å²) in [6, 6.07) is 3.75. The first-order chi connectivity index (χ1) is 17.0. The lowest BCUT2D eigenvalue weighted by Crippen LogP contribution is -2.34. The number of allylic oxidation sites excluding steroid dienone is 2. The van der Waals surface area contributed by atoms with Crippen LogP contribution < -0.4 is 5.73 Å².